The number of aromatic nitrogens is 2. The van der Waals surface area contributed by atoms with Gasteiger partial charge in [0.15, 0.2) is 0 Å². The second-order valence-electron chi connectivity index (χ2n) is 5.98. The largest absolute Gasteiger partial charge is 0.348 e. The number of halogens is 1. The van der Waals surface area contributed by atoms with Crippen LogP contribution in [-0.4, -0.2) is 46.0 Å². The number of imidazole rings is 1. The fraction of sp³-hybridized carbons (Fsp3) is 0.333. The molecule has 0 radical (unpaired) electrons. The second-order valence-corrected chi connectivity index (χ2v) is 5.98. The Hall–Kier alpha value is -2.47. The van der Waals surface area contributed by atoms with Crippen LogP contribution in [0.25, 0.3) is 5.69 Å². The van der Waals surface area contributed by atoms with Gasteiger partial charge in [-0.1, -0.05) is 6.08 Å². The summed E-state index contributed by atoms with van der Waals surface area (Å²) in [4.78, 5) is 18.8. The van der Waals surface area contributed by atoms with Crippen LogP contribution < -0.4 is 5.32 Å². The molecule has 2 heterocycles. The van der Waals surface area contributed by atoms with E-state index in [2.05, 4.69) is 21.8 Å². The maximum absolute atomic E-state index is 13.0. The van der Waals surface area contributed by atoms with Gasteiger partial charge in [0.25, 0.3) is 5.91 Å². The minimum atomic E-state index is -0.292. The molecule has 2 aromatic rings. The molecular formula is C18H21FN4O. The number of nitrogens with one attached hydrogen (secondary N) is 1. The summed E-state index contributed by atoms with van der Waals surface area (Å²) in [7, 11) is 0. The summed E-state index contributed by atoms with van der Waals surface area (Å²) in [5, 5.41) is 3.04. The first-order chi connectivity index (χ1) is 11.7. The van der Waals surface area contributed by atoms with Crippen LogP contribution in [0, 0.1) is 5.82 Å². The molecule has 0 unspecified atom stereocenters. The maximum Gasteiger partial charge on any atom is 0.271 e. The van der Waals surface area contributed by atoms with E-state index in [1.165, 1.54) is 12.1 Å². The Kier molecular flexibility index (Phi) is 5.05. The van der Waals surface area contributed by atoms with E-state index < -0.39 is 0 Å². The summed E-state index contributed by atoms with van der Waals surface area (Å²) in [5.74, 6) is -0.460. The number of benzene rings is 1. The molecule has 1 aromatic carbocycles. The smallest absolute Gasteiger partial charge is 0.271 e. The van der Waals surface area contributed by atoms with Gasteiger partial charge in [0, 0.05) is 37.6 Å². The summed E-state index contributed by atoms with van der Waals surface area (Å²) in [6, 6.07) is 6.23. The molecule has 1 aliphatic rings. The molecule has 24 heavy (non-hydrogen) atoms. The zero-order valence-corrected chi connectivity index (χ0v) is 13.5. The van der Waals surface area contributed by atoms with Gasteiger partial charge in [-0.25, -0.2) is 9.37 Å². The Morgan fingerprint density at radius 3 is 2.71 bits per heavy atom. The zero-order valence-electron chi connectivity index (χ0n) is 13.5. The molecule has 1 amide bonds. The van der Waals surface area contributed by atoms with E-state index in [0.717, 1.165) is 38.2 Å². The number of carbonyl (C=O) groups is 1. The molecule has 1 N–H and O–H groups in total. The van der Waals surface area contributed by atoms with Crippen LogP contribution in [0.4, 0.5) is 4.39 Å². The summed E-state index contributed by atoms with van der Waals surface area (Å²) in [5.41, 5.74) is 1.13. The van der Waals surface area contributed by atoms with Crippen LogP contribution in [-0.2, 0) is 0 Å². The highest BCUT2D eigenvalue weighted by atomic mass is 19.1. The van der Waals surface area contributed by atoms with Gasteiger partial charge in [0.1, 0.15) is 17.8 Å². The summed E-state index contributed by atoms with van der Waals surface area (Å²) in [6.45, 7) is 6.56. The SMILES string of the molecule is C=CCN1CCC(NC(=O)c2cn(-c3ccc(F)cc3)cn2)CC1. The topological polar surface area (TPSA) is 50.2 Å². The lowest BCUT2D eigenvalue weighted by molar-refractivity contribution is 0.0909. The van der Waals surface area contributed by atoms with Crippen LogP contribution in [0.5, 0.6) is 0 Å². The van der Waals surface area contributed by atoms with Crippen LogP contribution in [0.2, 0.25) is 0 Å². The Labute approximate surface area is 140 Å². The van der Waals surface area contributed by atoms with Crippen LogP contribution >= 0.6 is 0 Å². The number of carbonyl (C=O) groups excluding carboxylic acids is 1. The molecule has 3 rings (SSSR count). The minimum absolute atomic E-state index is 0.168. The van der Waals surface area contributed by atoms with Gasteiger partial charge < -0.3 is 9.88 Å². The summed E-state index contributed by atoms with van der Waals surface area (Å²) < 4.78 is 14.7. The van der Waals surface area contributed by atoms with Crippen LogP contribution in [0.15, 0.2) is 49.4 Å². The van der Waals surface area contributed by atoms with Crippen molar-refractivity contribution in [1.29, 1.82) is 0 Å². The summed E-state index contributed by atoms with van der Waals surface area (Å²) >= 11 is 0. The van der Waals surface area contributed by atoms with Gasteiger partial charge in [-0.15, -0.1) is 6.58 Å². The minimum Gasteiger partial charge on any atom is -0.348 e. The normalized spacial score (nSPS) is 16.0. The van der Waals surface area contributed by atoms with E-state index in [1.54, 1.807) is 29.2 Å². The molecule has 1 saturated heterocycles. The molecule has 1 aromatic heterocycles. The standard InChI is InChI=1S/C18H21FN4O/c1-2-9-22-10-7-15(8-11-22)21-18(24)17-12-23(13-20-17)16-5-3-14(19)4-6-16/h2-6,12-13,15H,1,7-11H2,(H,21,24). The lowest BCUT2D eigenvalue weighted by atomic mass is 10.0. The lowest BCUT2D eigenvalue weighted by Gasteiger charge is -2.31. The van der Waals surface area contributed by atoms with E-state index in [4.69, 9.17) is 0 Å². The fourth-order valence-electron chi connectivity index (χ4n) is 2.90. The fourth-order valence-corrected chi connectivity index (χ4v) is 2.90. The molecule has 0 bridgehead atoms. The quantitative estimate of drug-likeness (QED) is 0.858. The van der Waals surface area contributed by atoms with E-state index in [-0.39, 0.29) is 17.8 Å². The third-order valence-corrected chi connectivity index (χ3v) is 4.25. The molecular weight excluding hydrogens is 307 g/mol. The lowest BCUT2D eigenvalue weighted by Crippen LogP contribution is -2.44. The van der Waals surface area contributed by atoms with Crippen molar-refractivity contribution in [3.05, 3.63) is 61.0 Å². The molecule has 6 heteroatoms. The monoisotopic (exact) mass is 328 g/mol. The number of nitrogens with zero attached hydrogens (tertiary/aromatic N) is 3. The zero-order chi connectivity index (χ0) is 16.9. The van der Waals surface area contributed by atoms with Gasteiger partial charge in [0.2, 0.25) is 0 Å². The first-order valence-corrected chi connectivity index (χ1v) is 8.10. The average molecular weight is 328 g/mol. The van der Waals surface area contributed by atoms with Crippen molar-refractivity contribution in [2.75, 3.05) is 19.6 Å². The van der Waals surface area contributed by atoms with Crippen molar-refractivity contribution in [1.82, 2.24) is 19.8 Å². The van der Waals surface area contributed by atoms with E-state index >= 15 is 0 Å². The Morgan fingerprint density at radius 2 is 2.04 bits per heavy atom. The third-order valence-electron chi connectivity index (χ3n) is 4.25. The molecule has 126 valence electrons. The Balaban J connectivity index is 1.58. The number of hydrogen-bond acceptors (Lipinski definition) is 3. The first kappa shape index (κ1) is 16.4. The first-order valence-electron chi connectivity index (χ1n) is 8.10. The van der Waals surface area contributed by atoms with Crippen molar-refractivity contribution in [2.24, 2.45) is 0 Å². The number of likely N-dealkylation sites (tertiary alicyclic amines) is 1. The highest BCUT2D eigenvalue weighted by Crippen LogP contribution is 2.12. The van der Waals surface area contributed by atoms with Crippen molar-refractivity contribution < 1.29 is 9.18 Å². The maximum atomic E-state index is 13.0. The molecule has 0 saturated carbocycles. The molecule has 0 spiro atoms. The average Bonchev–Trinajstić information content (AvgIpc) is 3.08. The van der Waals surface area contributed by atoms with Crippen molar-refractivity contribution in [3.63, 3.8) is 0 Å². The molecule has 1 fully saturated rings. The van der Waals surface area contributed by atoms with Crippen molar-refractivity contribution in [3.8, 4) is 5.69 Å². The van der Waals surface area contributed by atoms with Gasteiger partial charge in [-0.05, 0) is 37.1 Å². The predicted molar refractivity (Wildman–Crippen MR) is 90.6 cm³/mol. The summed E-state index contributed by atoms with van der Waals surface area (Å²) in [6.07, 6.45) is 6.99. The van der Waals surface area contributed by atoms with Crippen LogP contribution in [0.1, 0.15) is 23.3 Å². The molecule has 5 nitrogen and oxygen atoms in total. The third kappa shape index (κ3) is 3.89. The number of piperidine rings is 1. The Bertz CT molecular complexity index is 702. The van der Waals surface area contributed by atoms with Gasteiger partial charge in [-0.2, -0.15) is 0 Å². The van der Waals surface area contributed by atoms with Gasteiger partial charge in [0.05, 0.1) is 0 Å². The van der Waals surface area contributed by atoms with E-state index in [9.17, 15) is 9.18 Å². The number of rotatable bonds is 5. The second kappa shape index (κ2) is 7.40. The van der Waals surface area contributed by atoms with E-state index in [1.807, 2.05) is 6.08 Å². The molecule has 1 aliphatic heterocycles. The predicted octanol–water partition coefficient (Wildman–Crippen LogP) is 2.39. The highest BCUT2D eigenvalue weighted by molar-refractivity contribution is 5.92. The van der Waals surface area contributed by atoms with Crippen molar-refractivity contribution >= 4 is 5.91 Å². The Morgan fingerprint density at radius 1 is 1.33 bits per heavy atom. The van der Waals surface area contributed by atoms with Crippen molar-refractivity contribution in [2.45, 2.75) is 18.9 Å². The van der Waals surface area contributed by atoms with Gasteiger partial charge >= 0.3 is 0 Å². The molecule has 0 atom stereocenters. The van der Waals surface area contributed by atoms with E-state index in [0.29, 0.717) is 5.69 Å². The van der Waals surface area contributed by atoms with Gasteiger partial charge in [-0.3, -0.25) is 9.69 Å². The number of hydrogen-bond donors (Lipinski definition) is 1. The van der Waals surface area contributed by atoms with Crippen LogP contribution in [0.3, 0.4) is 0 Å². The molecule has 0 aliphatic carbocycles. The highest BCUT2D eigenvalue weighted by Gasteiger charge is 2.21. The number of amides is 1.